The van der Waals surface area contributed by atoms with Crippen molar-refractivity contribution in [3.63, 3.8) is 0 Å². The average molecular weight is 330 g/mol. The molecule has 2 amide bonds. The Morgan fingerprint density at radius 3 is 2.61 bits per heavy atom. The van der Waals surface area contributed by atoms with E-state index in [1.807, 2.05) is 6.92 Å². The molecule has 0 saturated carbocycles. The third-order valence-corrected chi connectivity index (χ3v) is 3.08. The zero-order valence-corrected chi connectivity index (χ0v) is 12.0. The third kappa shape index (κ3) is 4.42. The van der Waals surface area contributed by atoms with E-state index in [4.69, 9.17) is 5.73 Å². The van der Waals surface area contributed by atoms with Crippen LogP contribution >= 0.6 is 28.1 Å². The van der Waals surface area contributed by atoms with Crippen molar-refractivity contribution in [1.29, 1.82) is 0 Å². The summed E-state index contributed by atoms with van der Waals surface area (Å²) in [5.74, 6) is -1.53. The summed E-state index contributed by atoms with van der Waals surface area (Å²) < 4.78 is 0.929. The van der Waals surface area contributed by atoms with Crippen LogP contribution in [0.4, 0.5) is 5.69 Å². The minimum atomic E-state index is -0.775. The van der Waals surface area contributed by atoms with Gasteiger partial charge in [0.15, 0.2) is 0 Å². The summed E-state index contributed by atoms with van der Waals surface area (Å²) in [6.07, 6.45) is 0. The minimum absolute atomic E-state index is 0.000945. The Kier molecular flexibility index (Phi) is 5.24. The van der Waals surface area contributed by atoms with E-state index in [2.05, 4.69) is 38.8 Å². The van der Waals surface area contributed by atoms with Gasteiger partial charge < -0.3 is 16.4 Å². The molecule has 1 rings (SSSR count). The fraction of sp³-hybridized carbons (Fsp3) is 0.182. The molecule has 0 bridgehead atoms. The topological polar surface area (TPSA) is 84.2 Å². The van der Waals surface area contributed by atoms with Gasteiger partial charge in [0, 0.05) is 10.2 Å². The molecule has 0 atom stereocenters. The lowest BCUT2D eigenvalue weighted by molar-refractivity contribution is -0.135. The second-order valence-electron chi connectivity index (χ2n) is 3.57. The van der Waals surface area contributed by atoms with Crippen molar-refractivity contribution in [3.05, 3.63) is 28.2 Å². The average Bonchev–Trinajstić information content (AvgIpc) is 2.30. The number of amides is 2. The minimum Gasteiger partial charge on any atom is -0.392 e. The molecule has 0 fully saturated rings. The molecular weight excluding hydrogens is 318 g/mol. The molecule has 0 saturated heterocycles. The maximum absolute atomic E-state index is 11.5. The first kappa shape index (κ1) is 14.6. The van der Waals surface area contributed by atoms with Gasteiger partial charge in [-0.05, 0) is 30.7 Å². The van der Waals surface area contributed by atoms with Crippen molar-refractivity contribution >= 4 is 50.6 Å². The summed E-state index contributed by atoms with van der Waals surface area (Å²) in [5.41, 5.74) is 6.71. The molecule has 0 spiro atoms. The predicted molar refractivity (Wildman–Crippen MR) is 77.3 cm³/mol. The lowest BCUT2D eigenvalue weighted by atomic mass is 10.2. The van der Waals surface area contributed by atoms with E-state index in [9.17, 15) is 9.59 Å². The van der Waals surface area contributed by atoms with Gasteiger partial charge in [-0.25, -0.2) is 0 Å². The summed E-state index contributed by atoms with van der Waals surface area (Å²) in [7, 11) is 0. The van der Waals surface area contributed by atoms with Crippen molar-refractivity contribution in [1.82, 2.24) is 5.32 Å². The number of anilines is 1. The smallest absolute Gasteiger partial charge is 0.313 e. The SMILES string of the molecule is Cc1cc(NC(=O)C(=O)NCC(N)=S)ccc1Br. The van der Waals surface area contributed by atoms with Crippen LogP contribution in [-0.4, -0.2) is 23.3 Å². The van der Waals surface area contributed by atoms with Crippen molar-refractivity contribution in [3.8, 4) is 0 Å². The van der Waals surface area contributed by atoms with Crippen molar-refractivity contribution in [2.75, 3.05) is 11.9 Å². The third-order valence-electron chi connectivity index (χ3n) is 2.05. The van der Waals surface area contributed by atoms with Crippen molar-refractivity contribution in [2.45, 2.75) is 6.92 Å². The van der Waals surface area contributed by atoms with Gasteiger partial charge >= 0.3 is 11.8 Å². The highest BCUT2D eigenvalue weighted by atomic mass is 79.9. The first-order chi connectivity index (χ1) is 8.40. The number of rotatable bonds is 3. The van der Waals surface area contributed by atoms with Gasteiger partial charge in [0.2, 0.25) is 0 Å². The number of aryl methyl sites for hydroxylation is 1. The van der Waals surface area contributed by atoms with Crippen LogP contribution in [0.5, 0.6) is 0 Å². The number of carbonyl (C=O) groups is 2. The molecule has 0 aliphatic rings. The molecule has 0 heterocycles. The van der Waals surface area contributed by atoms with Crippen molar-refractivity contribution < 1.29 is 9.59 Å². The van der Waals surface area contributed by atoms with Gasteiger partial charge in [-0.3, -0.25) is 9.59 Å². The number of hydrogen-bond acceptors (Lipinski definition) is 3. The predicted octanol–water partition coefficient (Wildman–Crippen LogP) is 1.10. The highest BCUT2D eigenvalue weighted by Gasteiger charge is 2.13. The molecule has 0 aliphatic carbocycles. The van der Waals surface area contributed by atoms with Gasteiger partial charge in [-0.1, -0.05) is 28.1 Å². The fourth-order valence-electron chi connectivity index (χ4n) is 1.16. The highest BCUT2D eigenvalue weighted by molar-refractivity contribution is 9.10. The lowest BCUT2D eigenvalue weighted by Crippen LogP contribution is -2.39. The lowest BCUT2D eigenvalue weighted by Gasteiger charge is -2.07. The molecule has 0 aromatic heterocycles. The van der Waals surface area contributed by atoms with Gasteiger partial charge in [0.05, 0.1) is 11.5 Å². The van der Waals surface area contributed by atoms with Crippen LogP contribution in [0, 0.1) is 6.92 Å². The Morgan fingerprint density at radius 1 is 1.39 bits per heavy atom. The van der Waals surface area contributed by atoms with E-state index in [0.717, 1.165) is 10.0 Å². The molecule has 5 nitrogen and oxygen atoms in total. The maximum Gasteiger partial charge on any atom is 0.313 e. The van der Waals surface area contributed by atoms with Crippen LogP contribution in [-0.2, 0) is 9.59 Å². The Hall–Kier alpha value is -1.47. The Bertz CT molecular complexity index is 505. The van der Waals surface area contributed by atoms with Gasteiger partial charge in [0.25, 0.3) is 0 Å². The molecule has 0 unspecified atom stereocenters. The monoisotopic (exact) mass is 329 g/mol. The second kappa shape index (κ2) is 6.46. The number of halogens is 1. The van der Waals surface area contributed by atoms with E-state index < -0.39 is 11.8 Å². The van der Waals surface area contributed by atoms with Crippen molar-refractivity contribution in [2.24, 2.45) is 5.73 Å². The standard InChI is InChI=1S/C11H12BrN3O2S/c1-6-4-7(2-3-8(6)12)15-11(17)10(16)14-5-9(13)18/h2-4H,5H2,1H3,(H2,13,18)(H,14,16)(H,15,17). The Morgan fingerprint density at radius 2 is 2.06 bits per heavy atom. The molecule has 18 heavy (non-hydrogen) atoms. The molecule has 96 valence electrons. The van der Waals surface area contributed by atoms with E-state index >= 15 is 0 Å². The number of carbonyl (C=O) groups excluding carboxylic acids is 2. The van der Waals surface area contributed by atoms with Crippen LogP contribution in [0.3, 0.4) is 0 Å². The summed E-state index contributed by atoms with van der Waals surface area (Å²) in [5, 5.41) is 4.78. The highest BCUT2D eigenvalue weighted by Crippen LogP contribution is 2.19. The first-order valence-electron chi connectivity index (χ1n) is 5.04. The number of benzene rings is 1. The Labute approximate surface area is 118 Å². The first-order valence-corrected chi connectivity index (χ1v) is 6.24. The molecular formula is C11H12BrN3O2S. The molecule has 1 aromatic rings. The second-order valence-corrected chi connectivity index (χ2v) is 4.95. The quantitative estimate of drug-likeness (QED) is 0.572. The van der Waals surface area contributed by atoms with Crippen LogP contribution < -0.4 is 16.4 Å². The van der Waals surface area contributed by atoms with E-state index in [1.54, 1.807) is 18.2 Å². The van der Waals surface area contributed by atoms with Crippen LogP contribution in [0.25, 0.3) is 0 Å². The molecule has 7 heteroatoms. The molecule has 0 aliphatic heterocycles. The van der Waals surface area contributed by atoms with Crippen LogP contribution in [0.2, 0.25) is 0 Å². The number of nitrogens with two attached hydrogens (primary N) is 1. The Balaban J connectivity index is 2.61. The number of nitrogens with one attached hydrogen (secondary N) is 2. The normalized spacial score (nSPS) is 9.67. The number of thiocarbonyl (C=S) groups is 1. The van der Waals surface area contributed by atoms with Gasteiger partial charge in [0.1, 0.15) is 0 Å². The summed E-state index contributed by atoms with van der Waals surface area (Å²) in [4.78, 5) is 23.0. The summed E-state index contributed by atoms with van der Waals surface area (Å²) in [6, 6.07) is 5.23. The molecule has 1 aromatic carbocycles. The zero-order chi connectivity index (χ0) is 13.7. The molecule has 0 radical (unpaired) electrons. The fourth-order valence-corrected chi connectivity index (χ4v) is 1.48. The molecule has 4 N–H and O–H groups in total. The van der Waals surface area contributed by atoms with E-state index in [0.29, 0.717) is 5.69 Å². The van der Waals surface area contributed by atoms with Crippen LogP contribution in [0.1, 0.15) is 5.56 Å². The zero-order valence-electron chi connectivity index (χ0n) is 9.62. The van der Waals surface area contributed by atoms with E-state index in [1.165, 1.54) is 0 Å². The number of hydrogen-bond donors (Lipinski definition) is 3. The van der Waals surface area contributed by atoms with Crippen LogP contribution in [0.15, 0.2) is 22.7 Å². The summed E-state index contributed by atoms with van der Waals surface area (Å²) >= 11 is 7.93. The largest absolute Gasteiger partial charge is 0.392 e. The van der Waals surface area contributed by atoms with Gasteiger partial charge in [-0.15, -0.1) is 0 Å². The van der Waals surface area contributed by atoms with Gasteiger partial charge in [-0.2, -0.15) is 0 Å². The maximum atomic E-state index is 11.5. The van der Waals surface area contributed by atoms with E-state index in [-0.39, 0.29) is 11.5 Å². The summed E-state index contributed by atoms with van der Waals surface area (Å²) in [6.45, 7) is 1.88.